The molecule has 72 valence electrons. The van der Waals surface area contributed by atoms with Gasteiger partial charge in [-0.3, -0.25) is 0 Å². The van der Waals surface area contributed by atoms with Gasteiger partial charge in [-0.15, -0.1) is 0 Å². The summed E-state index contributed by atoms with van der Waals surface area (Å²) in [6.07, 6.45) is 0. The Hall–Kier alpha value is -0.360. The molecule has 0 amide bonds. The summed E-state index contributed by atoms with van der Waals surface area (Å²) in [7, 11) is 1.62. The fourth-order valence-corrected chi connectivity index (χ4v) is 2.29. The zero-order valence-electron chi connectivity index (χ0n) is 7.42. The maximum Gasteiger partial charge on any atom is 0.213 e. The molecule has 1 heterocycles. The van der Waals surface area contributed by atoms with Crippen LogP contribution in [0.5, 0.6) is 5.88 Å². The summed E-state index contributed by atoms with van der Waals surface area (Å²) in [5.74, 6) is 0.647. The Balaban J connectivity index is 2.80. The Kier molecular flexibility index (Phi) is 2.92. The van der Waals surface area contributed by atoms with Crippen LogP contribution in [0.25, 0.3) is 10.9 Å². The number of pyridine rings is 1. The van der Waals surface area contributed by atoms with E-state index in [0.717, 1.165) is 18.9 Å². The third-order valence-electron chi connectivity index (χ3n) is 1.94. The number of aromatic nitrogens is 1. The molecular weight excluding hydrogens is 357 g/mol. The number of hydrogen-bond donors (Lipinski definition) is 0. The summed E-state index contributed by atoms with van der Waals surface area (Å²) in [5, 5.41) is 1.11. The summed E-state index contributed by atoms with van der Waals surface area (Å²) in [6.45, 7) is 0. The monoisotopic (exact) mass is 363 g/mol. The van der Waals surface area contributed by atoms with Crippen LogP contribution in [0.15, 0.2) is 28.7 Å². The van der Waals surface area contributed by atoms with Gasteiger partial charge in [-0.25, -0.2) is 4.98 Å². The molecular formula is C10H7BrINO. The van der Waals surface area contributed by atoms with E-state index in [1.54, 1.807) is 7.11 Å². The summed E-state index contributed by atoms with van der Waals surface area (Å²) >= 11 is 5.76. The molecule has 0 saturated heterocycles. The second-order valence-electron chi connectivity index (χ2n) is 2.78. The highest BCUT2D eigenvalue weighted by Gasteiger charge is 2.04. The number of fused-ring (bicyclic) bond motifs is 1. The van der Waals surface area contributed by atoms with Crippen LogP contribution >= 0.6 is 38.5 Å². The Bertz CT molecular complexity index is 487. The van der Waals surface area contributed by atoms with Crippen LogP contribution in [0.2, 0.25) is 0 Å². The van der Waals surface area contributed by atoms with Crippen molar-refractivity contribution in [1.82, 2.24) is 4.98 Å². The SMILES string of the molecule is COc1ccc2c(Br)ccc(I)c2n1. The van der Waals surface area contributed by atoms with Crippen molar-refractivity contribution in [2.45, 2.75) is 0 Å². The quantitative estimate of drug-likeness (QED) is 0.722. The second-order valence-corrected chi connectivity index (χ2v) is 4.80. The van der Waals surface area contributed by atoms with E-state index in [-0.39, 0.29) is 0 Å². The lowest BCUT2D eigenvalue weighted by Crippen LogP contribution is -1.89. The first-order chi connectivity index (χ1) is 6.72. The number of rotatable bonds is 1. The van der Waals surface area contributed by atoms with Crippen molar-refractivity contribution in [3.8, 4) is 5.88 Å². The Morgan fingerprint density at radius 1 is 1.29 bits per heavy atom. The predicted molar refractivity (Wildman–Crippen MR) is 68.7 cm³/mol. The highest BCUT2D eigenvalue weighted by Crippen LogP contribution is 2.28. The number of nitrogens with zero attached hydrogens (tertiary/aromatic N) is 1. The molecule has 0 aliphatic rings. The first-order valence-corrected chi connectivity index (χ1v) is 5.88. The molecule has 2 aromatic rings. The first-order valence-electron chi connectivity index (χ1n) is 4.01. The maximum atomic E-state index is 5.09. The van der Waals surface area contributed by atoms with E-state index in [9.17, 15) is 0 Å². The van der Waals surface area contributed by atoms with Gasteiger partial charge in [-0.1, -0.05) is 15.9 Å². The molecule has 0 spiro atoms. The normalized spacial score (nSPS) is 10.5. The largest absolute Gasteiger partial charge is 0.481 e. The van der Waals surface area contributed by atoms with Crippen molar-refractivity contribution in [3.63, 3.8) is 0 Å². The lowest BCUT2D eigenvalue weighted by molar-refractivity contribution is 0.399. The number of halogens is 2. The number of benzene rings is 1. The third-order valence-corrected chi connectivity index (χ3v) is 3.50. The molecule has 0 fully saturated rings. The average molecular weight is 364 g/mol. The number of ether oxygens (including phenoxy) is 1. The van der Waals surface area contributed by atoms with Crippen molar-refractivity contribution in [2.75, 3.05) is 7.11 Å². The van der Waals surface area contributed by atoms with Gasteiger partial charge in [-0.2, -0.15) is 0 Å². The van der Waals surface area contributed by atoms with E-state index in [1.165, 1.54) is 0 Å². The van der Waals surface area contributed by atoms with Gasteiger partial charge in [0.25, 0.3) is 0 Å². The van der Waals surface area contributed by atoms with E-state index >= 15 is 0 Å². The number of hydrogen-bond acceptors (Lipinski definition) is 2. The van der Waals surface area contributed by atoms with Crippen LogP contribution < -0.4 is 4.74 Å². The van der Waals surface area contributed by atoms with E-state index in [4.69, 9.17) is 4.74 Å². The Labute approximate surface area is 104 Å². The molecule has 0 bridgehead atoms. The van der Waals surface area contributed by atoms with Gasteiger partial charge in [-0.05, 0) is 40.8 Å². The lowest BCUT2D eigenvalue weighted by Gasteiger charge is -2.04. The molecule has 4 heteroatoms. The lowest BCUT2D eigenvalue weighted by atomic mass is 10.2. The number of methoxy groups -OCH3 is 1. The van der Waals surface area contributed by atoms with Crippen LogP contribution in [-0.2, 0) is 0 Å². The molecule has 0 atom stereocenters. The molecule has 0 N–H and O–H groups in total. The molecule has 0 aliphatic carbocycles. The van der Waals surface area contributed by atoms with E-state index in [2.05, 4.69) is 43.5 Å². The minimum Gasteiger partial charge on any atom is -0.481 e. The van der Waals surface area contributed by atoms with Crippen LogP contribution in [0.3, 0.4) is 0 Å². The van der Waals surface area contributed by atoms with Gasteiger partial charge < -0.3 is 4.74 Å². The molecule has 2 rings (SSSR count). The molecule has 1 aromatic carbocycles. The van der Waals surface area contributed by atoms with Crippen molar-refractivity contribution < 1.29 is 4.74 Å². The summed E-state index contributed by atoms with van der Waals surface area (Å²) in [4.78, 5) is 4.39. The van der Waals surface area contributed by atoms with E-state index < -0.39 is 0 Å². The van der Waals surface area contributed by atoms with Crippen LogP contribution in [0, 0.1) is 3.57 Å². The van der Waals surface area contributed by atoms with Crippen LogP contribution in [0.1, 0.15) is 0 Å². The average Bonchev–Trinajstić information content (AvgIpc) is 2.23. The first kappa shape index (κ1) is 10.2. The minimum atomic E-state index is 0.647. The van der Waals surface area contributed by atoms with Crippen molar-refractivity contribution in [1.29, 1.82) is 0 Å². The molecule has 0 unspecified atom stereocenters. The molecule has 0 aliphatic heterocycles. The van der Waals surface area contributed by atoms with Gasteiger partial charge in [0.1, 0.15) is 0 Å². The molecule has 2 nitrogen and oxygen atoms in total. The summed E-state index contributed by atoms with van der Waals surface area (Å²) < 4.78 is 7.27. The van der Waals surface area contributed by atoms with Crippen molar-refractivity contribution in [2.24, 2.45) is 0 Å². The standard InChI is InChI=1S/C10H7BrINO/c1-14-9-5-2-6-7(11)3-4-8(12)10(6)13-9/h2-5H,1H3. The van der Waals surface area contributed by atoms with Gasteiger partial charge in [0.15, 0.2) is 0 Å². The minimum absolute atomic E-state index is 0.647. The highest BCUT2D eigenvalue weighted by molar-refractivity contribution is 14.1. The fraction of sp³-hybridized carbons (Fsp3) is 0.100. The molecule has 0 radical (unpaired) electrons. The predicted octanol–water partition coefficient (Wildman–Crippen LogP) is 3.61. The molecule has 0 saturated carbocycles. The van der Waals surface area contributed by atoms with Gasteiger partial charge in [0.2, 0.25) is 5.88 Å². The van der Waals surface area contributed by atoms with E-state index in [0.29, 0.717) is 5.88 Å². The van der Waals surface area contributed by atoms with Crippen LogP contribution in [0.4, 0.5) is 0 Å². The smallest absolute Gasteiger partial charge is 0.213 e. The van der Waals surface area contributed by atoms with Crippen molar-refractivity contribution in [3.05, 3.63) is 32.3 Å². The summed E-state index contributed by atoms with van der Waals surface area (Å²) in [6, 6.07) is 7.92. The topological polar surface area (TPSA) is 22.1 Å². The van der Waals surface area contributed by atoms with Crippen molar-refractivity contribution >= 4 is 49.4 Å². The Morgan fingerprint density at radius 3 is 2.79 bits per heavy atom. The fourth-order valence-electron chi connectivity index (χ4n) is 1.24. The molecule has 1 aromatic heterocycles. The van der Waals surface area contributed by atoms with Gasteiger partial charge in [0, 0.05) is 19.5 Å². The molecule has 14 heavy (non-hydrogen) atoms. The third kappa shape index (κ3) is 1.72. The summed E-state index contributed by atoms with van der Waals surface area (Å²) in [5.41, 5.74) is 0.972. The second kappa shape index (κ2) is 4.02. The highest BCUT2D eigenvalue weighted by atomic mass is 127. The van der Waals surface area contributed by atoms with Crippen LogP contribution in [-0.4, -0.2) is 12.1 Å². The zero-order valence-corrected chi connectivity index (χ0v) is 11.2. The zero-order chi connectivity index (χ0) is 10.1. The Morgan fingerprint density at radius 2 is 2.07 bits per heavy atom. The van der Waals surface area contributed by atoms with E-state index in [1.807, 2.05) is 24.3 Å². The maximum absolute atomic E-state index is 5.09. The van der Waals surface area contributed by atoms with Gasteiger partial charge in [0.05, 0.1) is 12.6 Å². The van der Waals surface area contributed by atoms with Gasteiger partial charge >= 0.3 is 0 Å².